The van der Waals surface area contributed by atoms with Crippen molar-refractivity contribution >= 4 is 11.6 Å². The van der Waals surface area contributed by atoms with Gasteiger partial charge in [0.1, 0.15) is 6.23 Å². The molecule has 0 radical (unpaired) electrons. The van der Waals surface area contributed by atoms with E-state index in [4.69, 9.17) is 10.2 Å². The largest absolute Gasteiger partial charge is 0.374 e. The number of rotatable bonds is 7. The Morgan fingerprint density at radius 1 is 1.18 bits per heavy atom. The number of piperidine rings is 1. The number of likely N-dealkylation sites (tertiary alicyclic amines) is 1. The van der Waals surface area contributed by atoms with E-state index in [1.165, 1.54) is 0 Å². The molecule has 9 heteroatoms. The molecule has 33 heavy (non-hydrogen) atoms. The van der Waals surface area contributed by atoms with Crippen LogP contribution < -0.4 is 10.6 Å². The lowest BCUT2D eigenvalue weighted by atomic mass is 10.1. The standard InChI is InChI=1S/C24H30N8O/c1-16-13-26-24(29-20-14-27-32(15-20)21-8-10-31(3)11-9-21)30-22(16)18-4-6-19(7-5-18)23(33)28-17(2)12-25/h4-7,13-15,17,21,23,28,33H,8-11H2,1-3H3,(H,26,29,30)/t17-,23?/m1/s1. The van der Waals surface area contributed by atoms with Gasteiger partial charge in [0.15, 0.2) is 0 Å². The molecule has 3 aromatic rings. The second-order valence-electron chi connectivity index (χ2n) is 8.64. The summed E-state index contributed by atoms with van der Waals surface area (Å²) in [6, 6.07) is 9.52. The minimum absolute atomic E-state index is 0.422. The Labute approximate surface area is 194 Å². The van der Waals surface area contributed by atoms with Crippen LogP contribution in [0.3, 0.4) is 0 Å². The number of anilines is 2. The Bertz CT molecular complexity index is 1110. The summed E-state index contributed by atoms with van der Waals surface area (Å²) in [6.07, 6.45) is 6.91. The highest BCUT2D eigenvalue weighted by molar-refractivity contribution is 5.65. The first kappa shape index (κ1) is 22.9. The predicted octanol–water partition coefficient (Wildman–Crippen LogP) is 3.15. The van der Waals surface area contributed by atoms with Gasteiger partial charge in [-0.3, -0.25) is 10.00 Å². The Balaban J connectivity index is 1.47. The van der Waals surface area contributed by atoms with Crippen LogP contribution >= 0.6 is 0 Å². The van der Waals surface area contributed by atoms with E-state index in [0.717, 1.165) is 48.4 Å². The van der Waals surface area contributed by atoms with E-state index in [1.807, 2.05) is 48.3 Å². The molecule has 0 aliphatic carbocycles. The summed E-state index contributed by atoms with van der Waals surface area (Å²) in [5.74, 6) is 0.507. The smallest absolute Gasteiger partial charge is 0.227 e. The molecule has 0 saturated carbocycles. The van der Waals surface area contributed by atoms with Crippen LogP contribution in [-0.2, 0) is 0 Å². The molecule has 1 aliphatic rings. The number of aryl methyl sites for hydroxylation is 1. The molecular formula is C24H30N8O. The van der Waals surface area contributed by atoms with Crippen LogP contribution in [0.2, 0.25) is 0 Å². The molecule has 2 atom stereocenters. The average Bonchev–Trinajstić information content (AvgIpc) is 3.29. The van der Waals surface area contributed by atoms with Gasteiger partial charge in [-0.1, -0.05) is 24.3 Å². The fraction of sp³-hybridized carbons (Fsp3) is 0.417. The van der Waals surface area contributed by atoms with Gasteiger partial charge in [-0.25, -0.2) is 9.97 Å². The Morgan fingerprint density at radius 2 is 1.91 bits per heavy atom. The molecule has 0 spiro atoms. The van der Waals surface area contributed by atoms with Crippen molar-refractivity contribution in [1.82, 2.24) is 30.0 Å². The van der Waals surface area contributed by atoms with E-state index < -0.39 is 12.3 Å². The maximum atomic E-state index is 10.2. The Morgan fingerprint density at radius 3 is 2.61 bits per heavy atom. The summed E-state index contributed by atoms with van der Waals surface area (Å²) in [7, 11) is 2.15. The summed E-state index contributed by atoms with van der Waals surface area (Å²) in [4.78, 5) is 11.5. The molecule has 3 heterocycles. The third kappa shape index (κ3) is 5.54. The van der Waals surface area contributed by atoms with E-state index in [0.29, 0.717) is 17.6 Å². The number of aromatic nitrogens is 4. The quantitative estimate of drug-likeness (QED) is 0.474. The first-order valence-corrected chi connectivity index (χ1v) is 11.2. The molecule has 0 amide bonds. The van der Waals surface area contributed by atoms with Crippen molar-refractivity contribution in [2.24, 2.45) is 0 Å². The first-order valence-electron chi connectivity index (χ1n) is 11.2. The summed E-state index contributed by atoms with van der Waals surface area (Å²) in [5.41, 5.74) is 4.23. The summed E-state index contributed by atoms with van der Waals surface area (Å²) in [6.45, 7) is 5.84. The van der Waals surface area contributed by atoms with E-state index >= 15 is 0 Å². The van der Waals surface area contributed by atoms with Crippen molar-refractivity contribution in [2.45, 2.75) is 45.0 Å². The summed E-state index contributed by atoms with van der Waals surface area (Å²) in [5, 5.41) is 29.8. The molecule has 9 nitrogen and oxygen atoms in total. The SMILES string of the molecule is Cc1cnc(Nc2cnn(C3CCN(C)CC3)c2)nc1-c1ccc(C(O)N[C@H](C)C#N)cc1. The third-order valence-electron chi connectivity index (χ3n) is 5.99. The maximum Gasteiger partial charge on any atom is 0.227 e. The van der Waals surface area contributed by atoms with E-state index in [-0.39, 0.29) is 0 Å². The molecular weight excluding hydrogens is 416 g/mol. The first-order chi connectivity index (χ1) is 15.9. The molecule has 4 rings (SSSR count). The molecule has 0 bridgehead atoms. The topological polar surface area (TPSA) is 115 Å². The minimum atomic E-state index is -0.904. The lowest BCUT2D eigenvalue weighted by Crippen LogP contribution is -2.31. The van der Waals surface area contributed by atoms with Crippen LogP contribution in [0.25, 0.3) is 11.3 Å². The molecule has 1 saturated heterocycles. The zero-order valence-electron chi connectivity index (χ0n) is 19.2. The molecule has 1 aliphatic heterocycles. The number of aliphatic hydroxyl groups is 1. The average molecular weight is 447 g/mol. The van der Waals surface area contributed by atoms with Crippen LogP contribution in [-0.4, -0.2) is 55.9 Å². The number of benzene rings is 1. The second-order valence-corrected chi connectivity index (χ2v) is 8.64. The zero-order chi connectivity index (χ0) is 23.4. The minimum Gasteiger partial charge on any atom is -0.374 e. The second kappa shape index (κ2) is 10.1. The summed E-state index contributed by atoms with van der Waals surface area (Å²) >= 11 is 0. The van der Waals surface area contributed by atoms with Gasteiger partial charge in [0.05, 0.1) is 35.7 Å². The van der Waals surface area contributed by atoms with Crippen molar-refractivity contribution in [3.05, 3.63) is 54.0 Å². The van der Waals surface area contributed by atoms with Crippen molar-refractivity contribution in [1.29, 1.82) is 5.26 Å². The van der Waals surface area contributed by atoms with Crippen molar-refractivity contribution in [3.8, 4) is 17.3 Å². The predicted molar refractivity (Wildman–Crippen MR) is 127 cm³/mol. The monoisotopic (exact) mass is 446 g/mol. The van der Waals surface area contributed by atoms with Crippen LogP contribution in [0, 0.1) is 18.3 Å². The van der Waals surface area contributed by atoms with Gasteiger partial charge in [-0.2, -0.15) is 10.4 Å². The van der Waals surface area contributed by atoms with Crippen molar-refractivity contribution in [3.63, 3.8) is 0 Å². The van der Waals surface area contributed by atoms with Crippen LogP contribution in [0.5, 0.6) is 0 Å². The molecule has 3 N–H and O–H groups in total. The zero-order valence-corrected chi connectivity index (χ0v) is 19.2. The van der Waals surface area contributed by atoms with Crippen LogP contribution in [0.1, 0.15) is 43.2 Å². The number of aliphatic hydroxyl groups excluding tert-OH is 1. The molecule has 1 unspecified atom stereocenters. The third-order valence-corrected chi connectivity index (χ3v) is 5.99. The van der Waals surface area contributed by atoms with Crippen LogP contribution in [0.15, 0.2) is 42.9 Å². The molecule has 1 aromatic carbocycles. The number of nitrogens with one attached hydrogen (secondary N) is 2. The number of hydrogen-bond donors (Lipinski definition) is 3. The fourth-order valence-electron chi connectivity index (χ4n) is 3.98. The highest BCUT2D eigenvalue weighted by atomic mass is 16.3. The number of nitrogens with zero attached hydrogens (tertiary/aromatic N) is 6. The summed E-state index contributed by atoms with van der Waals surface area (Å²) < 4.78 is 2.04. The highest BCUT2D eigenvalue weighted by Gasteiger charge is 2.19. The Kier molecular flexibility index (Phi) is 6.99. The Hall–Kier alpha value is -3.32. The van der Waals surface area contributed by atoms with Gasteiger partial charge in [0.25, 0.3) is 0 Å². The van der Waals surface area contributed by atoms with Crippen molar-refractivity contribution < 1.29 is 5.11 Å². The van der Waals surface area contributed by atoms with E-state index in [2.05, 4.69) is 38.7 Å². The van der Waals surface area contributed by atoms with Gasteiger partial charge in [-0.15, -0.1) is 0 Å². The van der Waals surface area contributed by atoms with Crippen LogP contribution in [0.4, 0.5) is 11.6 Å². The fourth-order valence-corrected chi connectivity index (χ4v) is 3.98. The molecule has 2 aromatic heterocycles. The van der Waals surface area contributed by atoms with Gasteiger partial charge >= 0.3 is 0 Å². The molecule has 1 fully saturated rings. The lowest BCUT2D eigenvalue weighted by molar-refractivity contribution is 0.133. The van der Waals surface area contributed by atoms with Gasteiger partial charge < -0.3 is 15.3 Å². The van der Waals surface area contributed by atoms with Crippen molar-refractivity contribution in [2.75, 3.05) is 25.5 Å². The maximum absolute atomic E-state index is 10.2. The van der Waals surface area contributed by atoms with Gasteiger partial charge in [0.2, 0.25) is 5.95 Å². The van der Waals surface area contributed by atoms with E-state index in [9.17, 15) is 5.11 Å². The van der Waals surface area contributed by atoms with E-state index in [1.54, 1.807) is 13.1 Å². The number of hydrogen-bond acceptors (Lipinski definition) is 8. The lowest BCUT2D eigenvalue weighted by Gasteiger charge is -2.28. The highest BCUT2D eigenvalue weighted by Crippen LogP contribution is 2.26. The number of nitriles is 1. The molecule has 172 valence electrons. The van der Waals surface area contributed by atoms with Gasteiger partial charge in [-0.05, 0) is 58.0 Å². The normalized spacial score (nSPS) is 16.8. The van der Waals surface area contributed by atoms with Gasteiger partial charge in [0, 0.05) is 18.0 Å².